The molecule has 0 spiro atoms. The van der Waals surface area contributed by atoms with Gasteiger partial charge < -0.3 is 0 Å². The first-order valence-electron chi connectivity index (χ1n) is 27.8. The first kappa shape index (κ1) is 50.7. The molecule has 0 atom stereocenters. The van der Waals surface area contributed by atoms with Crippen LogP contribution in [0.5, 0.6) is 0 Å². The molecular formula is C63H88Br2. The van der Waals surface area contributed by atoms with Crippen LogP contribution >= 0.6 is 31.9 Å². The van der Waals surface area contributed by atoms with E-state index in [4.69, 9.17) is 0 Å². The Hall–Kier alpha value is -2.16. The van der Waals surface area contributed by atoms with Gasteiger partial charge in [0.15, 0.2) is 0 Å². The Morgan fingerprint density at radius 1 is 0.308 bits per heavy atom. The molecule has 0 heterocycles. The van der Waals surface area contributed by atoms with E-state index in [0.29, 0.717) is 0 Å². The predicted octanol–water partition coefficient (Wildman–Crippen LogP) is 21.8. The van der Waals surface area contributed by atoms with Crippen LogP contribution in [0.4, 0.5) is 0 Å². The summed E-state index contributed by atoms with van der Waals surface area (Å²) in [7, 11) is 0. The van der Waals surface area contributed by atoms with Crippen LogP contribution in [0, 0.1) is 0 Å². The summed E-state index contributed by atoms with van der Waals surface area (Å²) in [4.78, 5) is 0. The van der Waals surface area contributed by atoms with Gasteiger partial charge in [0.05, 0.1) is 0 Å². The van der Waals surface area contributed by atoms with Crippen molar-refractivity contribution in [1.82, 2.24) is 0 Å². The summed E-state index contributed by atoms with van der Waals surface area (Å²) < 4.78 is 2.51. The molecule has 65 heavy (non-hydrogen) atoms. The highest BCUT2D eigenvalue weighted by atomic mass is 79.9. The summed E-state index contributed by atoms with van der Waals surface area (Å²) in [6.45, 7) is 14.3. The summed E-state index contributed by atoms with van der Waals surface area (Å²) in [5.41, 5.74) is 20.1. The molecule has 4 aromatic carbocycles. The molecule has 3 aliphatic rings. The number of hydrogen-bond donors (Lipinski definition) is 0. The van der Waals surface area contributed by atoms with Gasteiger partial charge in [0.25, 0.3) is 0 Å². The Balaban J connectivity index is 1.68. The van der Waals surface area contributed by atoms with Crippen LogP contribution in [-0.4, -0.2) is 0 Å². The summed E-state index contributed by atoms with van der Waals surface area (Å²) in [6, 6.07) is 25.4. The lowest BCUT2D eigenvalue weighted by Gasteiger charge is -2.39. The zero-order valence-electron chi connectivity index (χ0n) is 42.2. The standard InChI is InChI=1S/C63H88Br2/c1-7-13-19-27-39-61(40-28-20-14-8-2)52-34-26-25-33-49(52)55-58(61)56-50-37-35-47(64)45-53(50)63(43-31-23-17-11-5,44-32-24-18-12-6)60(56)57-51-38-36-48(65)46-54(51)62(59(55)57,41-29-21-15-9-3)42-30-22-16-10-4/h25-26,33-38,45-46H,7-24,27-32,39-44H2,1-6H3. The smallest absolute Gasteiger partial charge is 0.0222 e. The Morgan fingerprint density at radius 2 is 0.585 bits per heavy atom. The van der Waals surface area contributed by atoms with Gasteiger partial charge in [-0.3, -0.25) is 0 Å². The first-order valence-corrected chi connectivity index (χ1v) is 29.4. The minimum atomic E-state index is -0.0230. The van der Waals surface area contributed by atoms with E-state index < -0.39 is 0 Å². The highest BCUT2D eigenvalue weighted by molar-refractivity contribution is 9.10. The summed E-state index contributed by atoms with van der Waals surface area (Å²) in [5, 5.41) is 0. The van der Waals surface area contributed by atoms with Crippen LogP contribution in [0.2, 0.25) is 0 Å². The third kappa shape index (κ3) is 10.00. The van der Waals surface area contributed by atoms with Crippen molar-refractivity contribution in [3.63, 3.8) is 0 Å². The maximum absolute atomic E-state index is 4.14. The maximum atomic E-state index is 4.14. The van der Waals surface area contributed by atoms with E-state index in [0.717, 1.165) is 0 Å². The van der Waals surface area contributed by atoms with Gasteiger partial charge in [-0.25, -0.2) is 0 Å². The molecule has 4 aromatic rings. The number of halogens is 2. The SMILES string of the molecule is CCCCCCC1(CCCCCC)c2ccccc2-c2c1c1c(c3c2C(CCCCCC)(CCCCCC)c2cc(Br)ccc2-3)C(CCCCCC)(CCCCCC)c2cc(Br)ccc2-1. The molecule has 354 valence electrons. The van der Waals surface area contributed by atoms with Gasteiger partial charge in [-0.2, -0.15) is 0 Å². The van der Waals surface area contributed by atoms with E-state index in [9.17, 15) is 0 Å². The minimum Gasteiger partial charge on any atom is -0.0654 e. The monoisotopic (exact) mass is 1000 g/mol. The lowest BCUT2D eigenvalue weighted by molar-refractivity contribution is 0.389. The number of rotatable bonds is 30. The van der Waals surface area contributed by atoms with Crippen molar-refractivity contribution in [2.45, 2.75) is 250 Å². The van der Waals surface area contributed by atoms with Crippen molar-refractivity contribution in [1.29, 1.82) is 0 Å². The largest absolute Gasteiger partial charge is 0.0654 e. The first-order chi connectivity index (χ1) is 31.8. The molecule has 0 aliphatic heterocycles. The topological polar surface area (TPSA) is 0 Å². The number of benzene rings is 4. The second-order valence-corrected chi connectivity index (χ2v) is 23.1. The summed E-state index contributed by atoms with van der Waals surface area (Å²) in [5.74, 6) is 0. The average Bonchev–Trinajstić information content (AvgIpc) is 3.86. The Labute approximate surface area is 416 Å². The van der Waals surface area contributed by atoms with Gasteiger partial charge in [-0.05, 0) is 130 Å². The predicted molar refractivity (Wildman–Crippen MR) is 293 cm³/mol. The van der Waals surface area contributed by atoms with Gasteiger partial charge >= 0.3 is 0 Å². The second-order valence-electron chi connectivity index (χ2n) is 21.3. The Morgan fingerprint density at radius 3 is 0.892 bits per heavy atom. The van der Waals surface area contributed by atoms with Crippen molar-refractivity contribution in [2.24, 2.45) is 0 Å². The van der Waals surface area contributed by atoms with Gasteiger partial charge in [0, 0.05) is 25.2 Å². The van der Waals surface area contributed by atoms with Gasteiger partial charge in [0.1, 0.15) is 0 Å². The van der Waals surface area contributed by atoms with E-state index in [1.807, 2.05) is 0 Å². The Kier molecular flexibility index (Phi) is 18.7. The van der Waals surface area contributed by atoms with Crippen molar-refractivity contribution in [3.05, 3.63) is 103 Å². The summed E-state index contributed by atoms with van der Waals surface area (Å²) in [6.07, 6.45) is 39.0. The zero-order valence-corrected chi connectivity index (χ0v) is 45.4. The van der Waals surface area contributed by atoms with Crippen molar-refractivity contribution in [3.8, 4) is 33.4 Å². The molecule has 2 heteroatoms. The number of fused-ring (bicyclic) bond motifs is 12. The fourth-order valence-electron chi connectivity index (χ4n) is 13.8. The number of unbranched alkanes of at least 4 members (excludes halogenated alkanes) is 18. The molecule has 0 saturated heterocycles. The average molecular weight is 1010 g/mol. The van der Waals surface area contributed by atoms with Crippen LogP contribution in [0.15, 0.2) is 69.6 Å². The molecule has 0 nitrogen and oxygen atoms in total. The van der Waals surface area contributed by atoms with Crippen LogP contribution < -0.4 is 0 Å². The molecule has 0 bridgehead atoms. The molecular weight excluding hydrogens is 917 g/mol. The van der Waals surface area contributed by atoms with E-state index >= 15 is 0 Å². The molecule has 0 aromatic heterocycles. The van der Waals surface area contributed by atoms with E-state index in [1.54, 1.807) is 66.8 Å². The molecule has 0 fully saturated rings. The van der Waals surface area contributed by atoms with Crippen molar-refractivity contribution < 1.29 is 0 Å². The molecule has 3 aliphatic carbocycles. The summed E-state index contributed by atoms with van der Waals surface area (Å²) >= 11 is 8.29. The van der Waals surface area contributed by atoms with Crippen LogP contribution in [0.25, 0.3) is 33.4 Å². The van der Waals surface area contributed by atoms with Crippen molar-refractivity contribution in [2.75, 3.05) is 0 Å². The second kappa shape index (κ2) is 23.9. The van der Waals surface area contributed by atoms with Crippen LogP contribution in [-0.2, 0) is 16.2 Å². The van der Waals surface area contributed by atoms with Crippen molar-refractivity contribution >= 4 is 31.9 Å². The quantitative estimate of drug-likeness (QED) is 0.0457. The third-order valence-electron chi connectivity index (χ3n) is 16.9. The van der Waals surface area contributed by atoms with E-state index in [-0.39, 0.29) is 16.2 Å². The minimum absolute atomic E-state index is 0.00286. The van der Waals surface area contributed by atoms with E-state index in [2.05, 4.69) is 134 Å². The molecule has 0 saturated carbocycles. The highest BCUT2D eigenvalue weighted by Crippen LogP contribution is 2.71. The molecule has 0 amide bonds. The van der Waals surface area contributed by atoms with Gasteiger partial charge in [0.2, 0.25) is 0 Å². The van der Waals surface area contributed by atoms with Gasteiger partial charge in [-0.1, -0.05) is 264 Å². The maximum Gasteiger partial charge on any atom is 0.0222 e. The number of hydrogen-bond acceptors (Lipinski definition) is 0. The van der Waals surface area contributed by atoms with Crippen LogP contribution in [0.3, 0.4) is 0 Å². The molecule has 0 radical (unpaired) electrons. The fourth-order valence-corrected chi connectivity index (χ4v) is 14.6. The lowest BCUT2D eigenvalue weighted by atomic mass is 9.63. The Bertz CT molecular complexity index is 2110. The van der Waals surface area contributed by atoms with Crippen LogP contribution in [0.1, 0.15) is 268 Å². The molecule has 7 rings (SSSR count). The van der Waals surface area contributed by atoms with E-state index in [1.165, 1.54) is 202 Å². The molecule has 0 N–H and O–H groups in total. The third-order valence-corrected chi connectivity index (χ3v) is 17.9. The highest BCUT2D eigenvalue weighted by Gasteiger charge is 2.57. The normalized spacial score (nSPS) is 15.4. The lowest BCUT2D eigenvalue weighted by Crippen LogP contribution is -2.31. The zero-order chi connectivity index (χ0) is 45.9. The van der Waals surface area contributed by atoms with Gasteiger partial charge in [-0.15, -0.1) is 0 Å². The molecule has 0 unspecified atom stereocenters. The fraction of sp³-hybridized carbons (Fsp3) is 0.619.